The number of hydrogen-bond acceptors (Lipinski definition) is 5. The number of nitrogens with zero attached hydrogens (tertiary/aromatic N) is 2. The molecule has 0 spiro atoms. The first-order valence-electron chi connectivity index (χ1n) is 18.3. The van der Waals surface area contributed by atoms with E-state index in [4.69, 9.17) is 4.74 Å². The fraction of sp³-hybridized carbons (Fsp3) is 0.439. The molecule has 2 atom stereocenters. The number of rotatable bonds is 19. The number of halogens is 8. The van der Waals surface area contributed by atoms with Crippen LogP contribution in [0.3, 0.4) is 0 Å². The lowest BCUT2D eigenvalue weighted by molar-refractivity contribution is -0.144. The van der Waals surface area contributed by atoms with Crippen LogP contribution in [0.1, 0.15) is 90.9 Å². The number of hydrogen-bond donors (Lipinski definition) is 1. The normalized spacial score (nSPS) is 14.6. The first-order valence-corrected chi connectivity index (χ1v) is 18.3. The van der Waals surface area contributed by atoms with Crippen LogP contribution in [-0.4, -0.2) is 53.8 Å². The summed E-state index contributed by atoms with van der Waals surface area (Å²) in [7, 11) is 0. The molecular weight excluding hydrogens is 750 g/mol. The Morgan fingerprint density at radius 1 is 1.00 bits per heavy atom. The number of unbranched alkanes of at least 4 members (excludes halogenated alkanes) is 2. The number of aromatic nitrogens is 1. The van der Waals surface area contributed by atoms with Gasteiger partial charge in [-0.15, -0.1) is 13.2 Å². The predicted octanol–water partition coefficient (Wildman–Crippen LogP) is 9.08. The molecule has 1 amide bonds. The molecule has 1 aromatic heterocycles. The number of amides is 1. The van der Waals surface area contributed by atoms with Gasteiger partial charge in [-0.25, -0.2) is 22.0 Å². The second-order valence-electron chi connectivity index (χ2n) is 13.7. The van der Waals surface area contributed by atoms with E-state index >= 15 is 4.39 Å². The van der Waals surface area contributed by atoms with Gasteiger partial charge in [-0.1, -0.05) is 12.2 Å². The summed E-state index contributed by atoms with van der Waals surface area (Å²) in [5, 5.41) is 2.47. The Morgan fingerprint density at radius 3 is 2.30 bits per heavy atom. The van der Waals surface area contributed by atoms with Crippen molar-refractivity contribution in [3.05, 3.63) is 117 Å². The molecule has 1 saturated heterocycles. The molecule has 2 aromatic carbocycles. The molecule has 1 aliphatic heterocycles. The first kappa shape index (κ1) is 43.9. The molecule has 0 aliphatic carbocycles. The van der Waals surface area contributed by atoms with Crippen molar-refractivity contribution < 1.29 is 49.4 Å². The minimum Gasteiger partial charge on any atom is -0.466 e. The molecule has 1 N–H and O–H groups in total. The number of pyridine rings is 1. The number of aryl methyl sites for hydroxylation is 2. The van der Waals surface area contributed by atoms with Crippen molar-refractivity contribution in [2.75, 3.05) is 26.2 Å². The van der Waals surface area contributed by atoms with Crippen molar-refractivity contribution in [3.63, 3.8) is 0 Å². The highest BCUT2D eigenvalue weighted by molar-refractivity contribution is 5.82. The lowest BCUT2D eigenvalue weighted by Gasteiger charge is -2.34. The molecule has 2 heterocycles. The van der Waals surface area contributed by atoms with E-state index in [1.165, 1.54) is 31.2 Å². The van der Waals surface area contributed by atoms with Gasteiger partial charge < -0.3 is 14.6 Å². The van der Waals surface area contributed by atoms with Crippen LogP contribution < -0.4 is 10.9 Å². The van der Waals surface area contributed by atoms with Gasteiger partial charge in [0.15, 0.2) is 0 Å². The monoisotopic (exact) mass is 795 g/mol. The highest BCUT2D eigenvalue weighted by atomic mass is 19.4. The van der Waals surface area contributed by atoms with E-state index in [-0.39, 0.29) is 50.2 Å². The van der Waals surface area contributed by atoms with Crippen LogP contribution in [0.25, 0.3) is 11.1 Å². The van der Waals surface area contributed by atoms with Crippen molar-refractivity contribution in [2.24, 2.45) is 0 Å². The zero-order chi connectivity index (χ0) is 41.3. The number of esters is 1. The summed E-state index contributed by atoms with van der Waals surface area (Å²) in [6, 6.07) is 1.64. The largest absolute Gasteiger partial charge is 0.466 e. The number of alkyl halides is 6. The number of ether oxygens (including phenoxy) is 1. The molecule has 15 heteroatoms. The molecule has 3 aromatic rings. The van der Waals surface area contributed by atoms with Gasteiger partial charge in [0, 0.05) is 37.5 Å². The molecular formula is C41H45F8N3O4. The van der Waals surface area contributed by atoms with E-state index in [1.807, 2.05) is 0 Å². The molecule has 0 unspecified atom stereocenters. The number of carbonyl (C=O) groups excluding carboxylic acids is 2. The Bertz CT molecular complexity index is 1960. The third-order valence-corrected chi connectivity index (χ3v) is 9.61. The van der Waals surface area contributed by atoms with E-state index in [0.717, 1.165) is 16.8 Å². The lowest BCUT2D eigenvalue weighted by atomic mass is 9.88. The summed E-state index contributed by atoms with van der Waals surface area (Å²) in [5.41, 5.74) is -3.17. The van der Waals surface area contributed by atoms with Crippen molar-refractivity contribution >= 4 is 11.9 Å². The first-order chi connectivity index (χ1) is 26.5. The molecule has 7 nitrogen and oxygen atoms in total. The fourth-order valence-corrected chi connectivity index (χ4v) is 6.92. The van der Waals surface area contributed by atoms with Crippen LogP contribution >= 0.6 is 0 Å². The quantitative estimate of drug-likeness (QED) is 0.0567. The Morgan fingerprint density at radius 2 is 1.70 bits per heavy atom. The zero-order valence-electron chi connectivity index (χ0n) is 31.2. The average molecular weight is 796 g/mol. The van der Waals surface area contributed by atoms with Crippen molar-refractivity contribution in [3.8, 4) is 11.1 Å². The van der Waals surface area contributed by atoms with Crippen LogP contribution in [0, 0.1) is 18.6 Å². The van der Waals surface area contributed by atoms with Crippen LogP contribution in [0.5, 0.6) is 0 Å². The van der Waals surface area contributed by atoms with Crippen LogP contribution in [0.2, 0.25) is 0 Å². The smallest absolute Gasteiger partial charge is 0.416 e. The fourth-order valence-electron chi connectivity index (χ4n) is 6.92. The number of benzene rings is 2. The third kappa shape index (κ3) is 10.9. The summed E-state index contributed by atoms with van der Waals surface area (Å²) < 4.78 is 121. The molecule has 1 fully saturated rings. The second kappa shape index (κ2) is 19.4. The molecule has 0 bridgehead atoms. The summed E-state index contributed by atoms with van der Waals surface area (Å²) >= 11 is 0. The summed E-state index contributed by atoms with van der Waals surface area (Å²) in [6.45, 7) is 10.3. The number of allylic oxidation sites excluding steroid dienone is 2. The zero-order valence-corrected chi connectivity index (χ0v) is 31.2. The molecule has 4 rings (SSSR count). The Balaban J connectivity index is 1.83. The SMILES string of the molecule is C=CCCCCc1cc(F)cc(C)c1-c1cc(C(F)F)c(F)c([C@H](CC(=O)OCC)NC(=O)[C@H](CC=C)n2cc(CCN3CC(F)C3)c(C(F)(F)F)cc2=O)c1. The van der Waals surface area contributed by atoms with Crippen LogP contribution in [0.15, 0.2) is 66.6 Å². The van der Waals surface area contributed by atoms with Gasteiger partial charge in [-0.2, -0.15) is 13.2 Å². The Kier molecular flexibility index (Phi) is 15.2. The molecule has 0 saturated carbocycles. The van der Waals surface area contributed by atoms with E-state index in [2.05, 4.69) is 18.5 Å². The van der Waals surface area contributed by atoms with Gasteiger partial charge in [0.1, 0.15) is 23.8 Å². The van der Waals surface area contributed by atoms with Crippen molar-refractivity contribution in [1.82, 2.24) is 14.8 Å². The predicted molar refractivity (Wildman–Crippen MR) is 196 cm³/mol. The Labute approximate surface area is 320 Å². The van der Waals surface area contributed by atoms with Gasteiger partial charge in [-0.05, 0) is 104 Å². The standard InChI is InChI=1S/C41H45F8N3O4/c1-5-8-9-10-12-25-16-28(42)15-24(4)37(25)27-17-30(38(44)31(18-27)39(45)46)33(20-36(54)56-7-3)50-40(55)34(11-6-2)52-21-26(13-14-51-22-29(43)23-51)32(19-35(52)53)41(47,48)49/h5-6,15-19,21,29,33-34,39H,1-2,7-14,20,22-23H2,3-4H3,(H,50,55)/t33-,34-/m0/s1. The van der Waals surface area contributed by atoms with Crippen LogP contribution in [-0.2, 0) is 33.3 Å². The number of carbonyl (C=O) groups is 2. The van der Waals surface area contributed by atoms with E-state index < -0.39 is 83.0 Å². The van der Waals surface area contributed by atoms with Gasteiger partial charge in [0.25, 0.3) is 12.0 Å². The van der Waals surface area contributed by atoms with Crippen molar-refractivity contribution in [1.29, 1.82) is 0 Å². The van der Waals surface area contributed by atoms with Gasteiger partial charge >= 0.3 is 12.1 Å². The summed E-state index contributed by atoms with van der Waals surface area (Å²) in [5.74, 6) is -4.03. The van der Waals surface area contributed by atoms with Crippen molar-refractivity contribution in [2.45, 2.75) is 89.7 Å². The number of nitrogens with one attached hydrogen (secondary N) is 1. The number of likely N-dealkylation sites (tertiary alicyclic amines) is 1. The van der Waals surface area contributed by atoms with E-state index in [0.29, 0.717) is 48.4 Å². The van der Waals surface area contributed by atoms with Gasteiger partial charge in [0.2, 0.25) is 5.91 Å². The molecule has 0 radical (unpaired) electrons. The maximum Gasteiger partial charge on any atom is 0.416 e. The maximum atomic E-state index is 16.2. The van der Waals surface area contributed by atoms with E-state index in [1.54, 1.807) is 17.9 Å². The minimum atomic E-state index is -4.94. The topological polar surface area (TPSA) is 80.6 Å². The molecule has 1 aliphatic rings. The lowest BCUT2D eigenvalue weighted by Crippen LogP contribution is -2.49. The molecule has 304 valence electrons. The van der Waals surface area contributed by atoms with E-state index in [9.17, 15) is 45.1 Å². The summed E-state index contributed by atoms with van der Waals surface area (Å²) in [6.07, 6.45) is -4.61. The minimum absolute atomic E-state index is 0.0349. The third-order valence-electron chi connectivity index (χ3n) is 9.61. The highest BCUT2D eigenvalue weighted by Crippen LogP contribution is 2.38. The van der Waals surface area contributed by atoms with Gasteiger partial charge in [0.05, 0.1) is 30.2 Å². The summed E-state index contributed by atoms with van der Waals surface area (Å²) in [4.78, 5) is 41.8. The highest BCUT2D eigenvalue weighted by Gasteiger charge is 2.37. The van der Waals surface area contributed by atoms with Crippen LogP contribution in [0.4, 0.5) is 35.1 Å². The maximum absolute atomic E-state index is 16.2. The Hall–Kier alpha value is -4.79. The second-order valence-corrected chi connectivity index (χ2v) is 13.7. The van der Waals surface area contributed by atoms with Gasteiger partial charge in [-0.3, -0.25) is 19.3 Å². The molecule has 56 heavy (non-hydrogen) atoms. The average Bonchev–Trinajstić information content (AvgIpc) is 3.10.